The minimum atomic E-state index is -0.286. The second-order valence-electron chi connectivity index (χ2n) is 5.67. The molecule has 0 radical (unpaired) electrons. The number of hydrogen-bond donors (Lipinski definition) is 1. The number of benzene rings is 2. The highest BCUT2D eigenvalue weighted by Crippen LogP contribution is 2.24. The summed E-state index contributed by atoms with van der Waals surface area (Å²) in [4.78, 5) is 28.2. The molecule has 0 fully saturated rings. The predicted octanol–water partition coefficient (Wildman–Crippen LogP) is 4.20. The number of thioether (sulfide) groups is 1. The Morgan fingerprint density at radius 3 is 2.63 bits per heavy atom. The average Bonchev–Trinajstić information content (AvgIpc) is 2.72. The van der Waals surface area contributed by atoms with Crippen molar-refractivity contribution in [2.45, 2.75) is 10.6 Å². The van der Waals surface area contributed by atoms with E-state index < -0.39 is 0 Å². The number of ether oxygens (including phenoxy) is 1. The van der Waals surface area contributed by atoms with E-state index in [9.17, 15) is 9.59 Å². The molecule has 3 aromatic rings. The molecule has 0 saturated heterocycles. The molecular weight excluding hydrogens is 360 g/mol. The summed E-state index contributed by atoms with van der Waals surface area (Å²) in [6, 6.07) is 18.4. The van der Waals surface area contributed by atoms with E-state index in [4.69, 9.17) is 4.74 Å². The largest absolute Gasteiger partial charge is 0.483 e. The van der Waals surface area contributed by atoms with Crippen molar-refractivity contribution in [3.8, 4) is 5.75 Å². The molecule has 1 heterocycles. The minimum Gasteiger partial charge on any atom is -0.483 e. The molecule has 2 aromatic carbocycles. The topological polar surface area (TPSA) is 68.3 Å². The Morgan fingerprint density at radius 1 is 1.07 bits per heavy atom. The van der Waals surface area contributed by atoms with Gasteiger partial charge in [0.1, 0.15) is 5.75 Å². The third kappa shape index (κ3) is 5.69. The molecule has 3 rings (SSSR count). The first-order chi connectivity index (χ1) is 13.2. The van der Waals surface area contributed by atoms with Crippen LogP contribution in [0.2, 0.25) is 0 Å². The first kappa shape index (κ1) is 18.7. The Balaban J connectivity index is 1.49. The number of nitrogens with zero attached hydrogens (tertiary/aromatic N) is 1. The Kier molecular flexibility index (Phi) is 6.60. The SMILES string of the molecule is O=Cc1ccccc1OCC(=O)Nc1ccc(SCc2cccnc2)cc1. The van der Waals surface area contributed by atoms with Crippen molar-refractivity contribution in [3.05, 3.63) is 84.2 Å². The zero-order chi connectivity index (χ0) is 18.9. The molecule has 136 valence electrons. The first-order valence-corrected chi connectivity index (χ1v) is 9.32. The summed E-state index contributed by atoms with van der Waals surface area (Å²) in [5.41, 5.74) is 2.27. The molecule has 6 heteroatoms. The second-order valence-corrected chi connectivity index (χ2v) is 6.72. The summed E-state index contributed by atoms with van der Waals surface area (Å²) in [5.74, 6) is 0.944. The number of aromatic nitrogens is 1. The van der Waals surface area contributed by atoms with Crippen molar-refractivity contribution in [2.24, 2.45) is 0 Å². The van der Waals surface area contributed by atoms with Gasteiger partial charge in [0, 0.05) is 28.7 Å². The maximum Gasteiger partial charge on any atom is 0.262 e. The van der Waals surface area contributed by atoms with E-state index in [0.717, 1.165) is 16.2 Å². The monoisotopic (exact) mass is 378 g/mol. The van der Waals surface area contributed by atoms with Gasteiger partial charge in [-0.15, -0.1) is 11.8 Å². The van der Waals surface area contributed by atoms with E-state index in [1.807, 2.05) is 42.6 Å². The van der Waals surface area contributed by atoms with E-state index >= 15 is 0 Å². The lowest BCUT2D eigenvalue weighted by molar-refractivity contribution is -0.118. The maximum absolute atomic E-state index is 12.0. The van der Waals surface area contributed by atoms with Gasteiger partial charge in [-0.2, -0.15) is 0 Å². The number of hydrogen-bond acceptors (Lipinski definition) is 5. The van der Waals surface area contributed by atoms with Crippen molar-refractivity contribution in [2.75, 3.05) is 11.9 Å². The zero-order valence-corrected chi connectivity index (χ0v) is 15.3. The number of nitrogens with one attached hydrogen (secondary N) is 1. The molecule has 1 N–H and O–H groups in total. The third-order valence-electron chi connectivity index (χ3n) is 3.67. The number of carbonyl (C=O) groups excluding carboxylic acids is 2. The number of para-hydroxylation sites is 1. The maximum atomic E-state index is 12.0. The van der Waals surface area contributed by atoms with Gasteiger partial charge in [0.25, 0.3) is 5.91 Å². The van der Waals surface area contributed by atoms with Crippen molar-refractivity contribution >= 4 is 29.6 Å². The van der Waals surface area contributed by atoms with Gasteiger partial charge in [-0.3, -0.25) is 14.6 Å². The highest BCUT2D eigenvalue weighted by Gasteiger charge is 2.07. The predicted molar refractivity (Wildman–Crippen MR) is 106 cm³/mol. The molecule has 1 amide bonds. The van der Waals surface area contributed by atoms with E-state index in [1.54, 1.807) is 42.2 Å². The molecule has 0 bridgehead atoms. The fourth-order valence-electron chi connectivity index (χ4n) is 2.33. The molecule has 0 unspecified atom stereocenters. The summed E-state index contributed by atoms with van der Waals surface area (Å²) in [7, 11) is 0. The first-order valence-electron chi connectivity index (χ1n) is 8.33. The molecule has 0 spiro atoms. The van der Waals surface area contributed by atoms with E-state index in [2.05, 4.69) is 10.3 Å². The van der Waals surface area contributed by atoms with Gasteiger partial charge in [-0.05, 0) is 48.0 Å². The van der Waals surface area contributed by atoms with Gasteiger partial charge in [0.05, 0.1) is 5.56 Å². The Labute approximate surface area is 161 Å². The lowest BCUT2D eigenvalue weighted by Gasteiger charge is -2.09. The van der Waals surface area contributed by atoms with Crippen LogP contribution in [0.25, 0.3) is 0 Å². The number of rotatable bonds is 8. The van der Waals surface area contributed by atoms with Gasteiger partial charge in [0.2, 0.25) is 0 Å². The van der Waals surface area contributed by atoms with Crippen LogP contribution in [0.3, 0.4) is 0 Å². The molecule has 1 aromatic heterocycles. The summed E-state index contributed by atoms with van der Waals surface area (Å²) in [6.07, 6.45) is 4.31. The minimum absolute atomic E-state index is 0.164. The number of pyridine rings is 1. The normalized spacial score (nSPS) is 10.2. The summed E-state index contributed by atoms with van der Waals surface area (Å²) in [5, 5.41) is 2.78. The average molecular weight is 378 g/mol. The molecule has 0 atom stereocenters. The lowest BCUT2D eigenvalue weighted by atomic mass is 10.2. The second kappa shape index (κ2) is 9.54. The lowest BCUT2D eigenvalue weighted by Crippen LogP contribution is -2.20. The highest BCUT2D eigenvalue weighted by molar-refractivity contribution is 7.98. The van der Waals surface area contributed by atoms with Crippen molar-refractivity contribution in [1.29, 1.82) is 0 Å². The summed E-state index contributed by atoms with van der Waals surface area (Å²) in [6.45, 7) is -0.164. The molecular formula is C21H18N2O3S. The van der Waals surface area contributed by atoms with Crippen LogP contribution in [-0.2, 0) is 10.5 Å². The molecule has 0 saturated carbocycles. The van der Waals surface area contributed by atoms with Gasteiger partial charge in [-0.1, -0.05) is 18.2 Å². The number of amides is 1. The van der Waals surface area contributed by atoms with E-state index in [0.29, 0.717) is 23.3 Å². The van der Waals surface area contributed by atoms with Crippen molar-refractivity contribution in [1.82, 2.24) is 4.98 Å². The van der Waals surface area contributed by atoms with Crippen LogP contribution in [0.15, 0.2) is 78.0 Å². The Morgan fingerprint density at radius 2 is 1.89 bits per heavy atom. The molecule has 27 heavy (non-hydrogen) atoms. The van der Waals surface area contributed by atoms with Crippen LogP contribution in [0.1, 0.15) is 15.9 Å². The van der Waals surface area contributed by atoms with Crippen LogP contribution in [0.4, 0.5) is 5.69 Å². The number of anilines is 1. The van der Waals surface area contributed by atoms with Gasteiger partial charge < -0.3 is 10.1 Å². The smallest absolute Gasteiger partial charge is 0.262 e. The van der Waals surface area contributed by atoms with Crippen molar-refractivity contribution < 1.29 is 14.3 Å². The molecule has 0 aliphatic heterocycles. The van der Waals surface area contributed by atoms with Crippen LogP contribution < -0.4 is 10.1 Å². The fourth-order valence-corrected chi connectivity index (χ4v) is 3.17. The van der Waals surface area contributed by atoms with E-state index in [-0.39, 0.29) is 12.5 Å². The quantitative estimate of drug-likeness (QED) is 0.470. The summed E-state index contributed by atoms with van der Waals surface area (Å²) >= 11 is 1.70. The van der Waals surface area contributed by atoms with Crippen molar-refractivity contribution in [3.63, 3.8) is 0 Å². The van der Waals surface area contributed by atoms with Gasteiger partial charge in [0.15, 0.2) is 12.9 Å². The highest BCUT2D eigenvalue weighted by atomic mass is 32.2. The Bertz CT molecular complexity index is 899. The van der Waals surface area contributed by atoms with Crippen LogP contribution in [0.5, 0.6) is 5.75 Å². The molecule has 5 nitrogen and oxygen atoms in total. The molecule has 0 aliphatic rings. The molecule has 0 aliphatic carbocycles. The standard InChI is InChI=1S/C21H18N2O3S/c24-13-17-5-1-2-6-20(17)26-14-21(25)23-18-7-9-19(10-8-18)27-15-16-4-3-11-22-12-16/h1-13H,14-15H2,(H,23,25). The zero-order valence-electron chi connectivity index (χ0n) is 14.5. The van der Waals surface area contributed by atoms with Crippen LogP contribution in [-0.4, -0.2) is 23.8 Å². The fraction of sp³-hybridized carbons (Fsp3) is 0.0952. The van der Waals surface area contributed by atoms with Crippen LogP contribution in [0, 0.1) is 0 Å². The Hall–Kier alpha value is -3.12. The summed E-state index contributed by atoms with van der Waals surface area (Å²) < 4.78 is 5.42. The van der Waals surface area contributed by atoms with Gasteiger partial charge in [-0.25, -0.2) is 0 Å². The third-order valence-corrected chi connectivity index (χ3v) is 4.75. The number of aldehydes is 1. The van der Waals surface area contributed by atoms with E-state index in [1.165, 1.54) is 0 Å². The van der Waals surface area contributed by atoms with Crippen LogP contribution >= 0.6 is 11.8 Å². The number of carbonyl (C=O) groups is 2. The van der Waals surface area contributed by atoms with Gasteiger partial charge >= 0.3 is 0 Å².